The van der Waals surface area contributed by atoms with Gasteiger partial charge in [-0.05, 0) is 43.3 Å². The highest BCUT2D eigenvalue weighted by molar-refractivity contribution is 6.33. The van der Waals surface area contributed by atoms with Gasteiger partial charge < -0.3 is 19.7 Å². The van der Waals surface area contributed by atoms with Gasteiger partial charge in [-0.2, -0.15) is 0 Å². The number of ether oxygens (including phenoxy) is 2. The summed E-state index contributed by atoms with van der Waals surface area (Å²) in [6.45, 7) is 3.57. The number of quaternary nitrogens is 1. The standard InChI is InChI=1S/C19H20ClFN2O3/c1-12(19(24)22-16-5-4-14(21)10-15(16)20)23(2)11-13-3-6-17-18(9-13)26-8-7-25-17/h3-6,9-10,12H,7-8,11H2,1-2H3,(H,22,24)/p+1/t12-/m1/s1. The molecule has 2 atom stereocenters. The highest BCUT2D eigenvalue weighted by Crippen LogP contribution is 2.30. The second-order valence-electron chi connectivity index (χ2n) is 6.34. The van der Waals surface area contributed by atoms with Crippen LogP contribution in [0.5, 0.6) is 11.5 Å². The van der Waals surface area contributed by atoms with Gasteiger partial charge in [0, 0.05) is 5.56 Å². The largest absolute Gasteiger partial charge is 0.486 e. The third kappa shape index (κ3) is 4.26. The summed E-state index contributed by atoms with van der Waals surface area (Å²) in [7, 11) is 1.94. The first-order valence-corrected chi connectivity index (χ1v) is 8.78. The quantitative estimate of drug-likeness (QED) is 0.838. The van der Waals surface area contributed by atoms with Gasteiger partial charge in [0.2, 0.25) is 0 Å². The molecule has 26 heavy (non-hydrogen) atoms. The number of amides is 1. The molecule has 2 N–H and O–H groups in total. The van der Waals surface area contributed by atoms with E-state index in [0.717, 1.165) is 22.0 Å². The topological polar surface area (TPSA) is 52.0 Å². The van der Waals surface area contributed by atoms with Crippen molar-refractivity contribution in [1.29, 1.82) is 0 Å². The Morgan fingerprint density at radius 2 is 1.96 bits per heavy atom. The average Bonchev–Trinajstić information content (AvgIpc) is 2.63. The van der Waals surface area contributed by atoms with Gasteiger partial charge in [-0.3, -0.25) is 4.79 Å². The molecule has 5 nitrogen and oxygen atoms in total. The van der Waals surface area contributed by atoms with Crippen molar-refractivity contribution in [2.24, 2.45) is 0 Å². The minimum atomic E-state index is -0.442. The third-order valence-corrected chi connectivity index (χ3v) is 4.72. The van der Waals surface area contributed by atoms with Crippen molar-refractivity contribution in [2.45, 2.75) is 19.5 Å². The zero-order chi connectivity index (χ0) is 18.7. The molecular formula is C19H21ClFN2O3+. The van der Waals surface area contributed by atoms with Crippen molar-refractivity contribution >= 4 is 23.2 Å². The molecule has 0 aromatic heterocycles. The maximum absolute atomic E-state index is 13.1. The molecule has 7 heteroatoms. The molecule has 0 saturated carbocycles. The van der Waals surface area contributed by atoms with E-state index in [1.807, 2.05) is 32.2 Å². The van der Waals surface area contributed by atoms with Gasteiger partial charge in [-0.25, -0.2) is 4.39 Å². The number of fused-ring (bicyclic) bond motifs is 1. The summed E-state index contributed by atoms with van der Waals surface area (Å²) in [5, 5.41) is 2.93. The number of anilines is 1. The normalized spacial score (nSPS) is 15.2. The Kier molecular flexibility index (Phi) is 5.64. The Labute approximate surface area is 156 Å². The van der Waals surface area contributed by atoms with E-state index in [1.165, 1.54) is 18.2 Å². The number of hydrogen-bond acceptors (Lipinski definition) is 3. The number of halogens is 2. The van der Waals surface area contributed by atoms with Crippen molar-refractivity contribution in [3.63, 3.8) is 0 Å². The predicted molar refractivity (Wildman–Crippen MR) is 97.5 cm³/mol. The van der Waals surface area contributed by atoms with Crippen molar-refractivity contribution in [3.8, 4) is 11.5 Å². The lowest BCUT2D eigenvalue weighted by atomic mass is 10.1. The summed E-state index contributed by atoms with van der Waals surface area (Å²) >= 11 is 5.97. The van der Waals surface area contributed by atoms with Gasteiger partial charge in [0.1, 0.15) is 25.6 Å². The molecule has 0 bridgehead atoms. The first-order chi connectivity index (χ1) is 12.4. The Hall–Kier alpha value is -2.31. The molecule has 1 amide bonds. The molecule has 0 radical (unpaired) electrons. The zero-order valence-corrected chi connectivity index (χ0v) is 15.4. The van der Waals surface area contributed by atoms with E-state index in [0.29, 0.717) is 25.4 Å². The predicted octanol–water partition coefficient (Wildman–Crippen LogP) is 2.29. The van der Waals surface area contributed by atoms with Crippen LogP contribution in [0.1, 0.15) is 12.5 Å². The molecular weight excluding hydrogens is 359 g/mol. The molecule has 138 valence electrons. The number of benzene rings is 2. The summed E-state index contributed by atoms with van der Waals surface area (Å²) in [6.07, 6.45) is 0. The molecule has 1 heterocycles. The lowest BCUT2D eigenvalue weighted by molar-refractivity contribution is -0.907. The molecule has 1 aliphatic heterocycles. The second-order valence-corrected chi connectivity index (χ2v) is 6.74. The number of rotatable bonds is 5. The highest BCUT2D eigenvalue weighted by atomic mass is 35.5. The fourth-order valence-corrected chi connectivity index (χ4v) is 2.94. The van der Waals surface area contributed by atoms with Crippen LogP contribution >= 0.6 is 11.6 Å². The summed E-state index contributed by atoms with van der Waals surface area (Å²) < 4.78 is 24.2. The maximum Gasteiger partial charge on any atom is 0.282 e. The van der Waals surface area contributed by atoms with Crippen LogP contribution in [-0.4, -0.2) is 32.2 Å². The molecule has 3 rings (SSSR count). The Balaban J connectivity index is 1.63. The van der Waals surface area contributed by atoms with Crippen LogP contribution in [0.3, 0.4) is 0 Å². The van der Waals surface area contributed by atoms with Crippen LogP contribution in [0, 0.1) is 5.82 Å². The molecule has 2 aromatic carbocycles. The first-order valence-electron chi connectivity index (χ1n) is 8.41. The molecule has 0 fully saturated rings. The average molecular weight is 380 g/mol. The van der Waals surface area contributed by atoms with E-state index in [1.54, 1.807) is 0 Å². The molecule has 0 aliphatic carbocycles. The first kappa shape index (κ1) is 18.5. The number of hydrogen-bond donors (Lipinski definition) is 2. The van der Waals surface area contributed by atoms with Gasteiger partial charge in [-0.1, -0.05) is 11.6 Å². The van der Waals surface area contributed by atoms with Crippen molar-refractivity contribution < 1.29 is 23.6 Å². The minimum Gasteiger partial charge on any atom is -0.486 e. The lowest BCUT2D eigenvalue weighted by Gasteiger charge is -2.23. The van der Waals surface area contributed by atoms with Gasteiger partial charge in [-0.15, -0.1) is 0 Å². The number of likely N-dealkylation sites (N-methyl/N-ethyl adjacent to an activating group) is 1. The fraction of sp³-hybridized carbons (Fsp3) is 0.316. The second kappa shape index (κ2) is 7.93. The minimum absolute atomic E-state index is 0.176. The lowest BCUT2D eigenvalue weighted by Crippen LogP contribution is -3.12. The van der Waals surface area contributed by atoms with E-state index in [4.69, 9.17) is 21.1 Å². The SMILES string of the molecule is C[C@H](C(=O)Nc1ccc(F)cc1Cl)[NH+](C)Cc1ccc2c(c1)OCCO2. The number of carbonyl (C=O) groups excluding carboxylic acids is 1. The van der Waals surface area contributed by atoms with E-state index >= 15 is 0 Å². The highest BCUT2D eigenvalue weighted by Gasteiger charge is 2.23. The van der Waals surface area contributed by atoms with Crippen molar-refractivity contribution in [2.75, 3.05) is 25.6 Å². The van der Waals surface area contributed by atoms with Crippen molar-refractivity contribution in [3.05, 3.63) is 52.8 Å². The Morgan fingerprint density at radius 3 is 2.69 bits per heavy atom. The summed E-state index contributed by atoms with van der Waals surface area (Å²) in [6, 6.07) is 9.37. The van der Waals surface area contributed by atoms with E-state index < -0.39 is 5.82 Å². The Morgan fingerprint density at radius 1 is 1.23 bits per heavy atom. The Bertz CT molecular complexity index is 815. The van der Waals surface area contributed by atoms with Gasteiger partial charge in [0.05, 0.1) is 17.8 Å². The smallest absolute Gasteiger partial charge is 0.282 e. The van der Waals surface area contributed by atoms with Crippen molar-refractivity contribution in [1.82, 2.24) is 0 Å². The maximum atomic E-state index is 13.1. The molecule has 0 spiro atoms. The third-order valence-electron chi connectivity index (χ3n) is 4.41. The summed E-state index contributed by atoms with van der Waals surface area (Å²) in [5.41, 5.74) is 1.45. The molecule has 2 aromatic rings. The summed E-state index contributed by atoms with van der Waals surface area (Å²) in [4.78, 5) is 13.5. The van der Waals surface area contributed by atoms with Crippen LogP contribution in [0.25, 0.3) is 0 Å². The molecule has 1 unspecified atom stereocenters. The van der Waals surface area contributed by atoms with E-state index in [2.05, 4.69) is 5.32 Å². The van der Waals surface area contributed by atoms with E-state index in [-0.39, 0.29) is 17.0 Å². The molecule has 0 saturated heterocycles. The van der Waals surface area contributed by atoms with Crippen LogP contribution < -0.4 is 19.7 Å². The van der Waals surface area contributed by atoms with Crippen LogP contribution in [-0.2, 0) is 11.3 Å². The monoisotopic (exact) mass is 379 g/mol. The van der Waals surface area contributed by atoms with E-state index in [9.17, 15) is 9.18 Å². The number of carbonyl (C=O) groups is 1. The zero-order valence-electron chi connectivity index (χ0n) is 14.6. The van der Waals surface area contributed by atoms with Gasteiger partial charge >= 0.3 is 0 Å². The van der Waals surface area contributed by atoms with Crippen LogP contribution in [0.2, 0.25) is 5.02 Å². The van der Waals surface area contributed by atoms with Crippen LogP contribution in [0.15, 0.2) is 36.4 Å². The summed E-state index contributed by atoms with van der Waals surface area (Å²) in [5.74, 6) is 0.849. The molecule has 1 aliphatic rings. The van der Waals surface area contributed by atoms with Crippen LogP contribution in [0.4, 0.5) is 10.1 Å². The number of nitrogens with one attached hydrogen (secondary N) is 2. The fourth-order valence-electron chi connectivity index (χ4n) is 2.73. The van der Waals surface area contributed by atoms with Gasteiger partial charge in [0.25, 0.3) is 5.91 Å². The van der Waals surface area contributed by atoms with Gasteiger partial charge in [0.15, 0.2) is 17.5 Å².